The van der Waals surface area contributed by atoms with E-state index in [2.05, 4.69) is 48.0 Å². The summed E-state index contributed by atoms with van der Waals surface area (Å²) in [5, 5.41) is 27.7. The van der Waals surface area contributed by atoms with Crippen molar-refractivity contribution in [2.24, 2.45) is 0 Å². The van der Waals surface area contributed by atoms with Gasteiger partial charge in [-0.05, 0) is 49.7 Å². The van der Waals surface area contributed by atoms with Crippen LogP contribution in [0.1, 0.15) is 37.9 Å². The normalized spacial score (nSPS) is 12.6. The van der Waals surface area contributed by atoms with Gasteiger partial charge in [0.15, 0.2) is 5.82 Å². The van der Waals surface area contributed by atoms with Crippen LogP contribution in [0.15, 0.2) is 54.9 Å². The molecule has 9 heteroatoms. The van der Waals surface area contributed by atoms with Gasteiger partial charge in [-0.3, -0.25) is 10.4 Å². The molecule has 2 aromatic heterocycles. The summed E-state index contributed by atoms with van der Waals surface area (Å²) in [5.74, 6) is 7.32. The molecule has 0 fully saturated rings. The van der Waals surface area contributed by atoms with E-state index in [9.17, 15) is 9.50 Å². The van der Waals surface area contributed by atoms with Crippen LogP contribution < -0.4 is 16.0 Å². The van der Waals surface area contributed by atoms with Crippen LogP contribution in [0.5, 0.6) is 0 Å². The van der Waals surface area contributed by atoms with Crippen molar-refractivity contribution in [2.45, 2.75) is 38.8 Å². The summed E-state index contributed by atoms with van der Waals surface area (Å²) in [6, 6.07) is 14.1. The van der Waals surface area contributed by atoms with E-state index in [1.807, 2.05) is 37.3 Å². The first kappa shape index (κ1) is 25.1. The number of aromatic nitrogens is 4. The molecule has 186 valence electrons. The molecule has 8 nitrogen and oxygen atoms in total. The van der Waals surface area contributed by atoms with Crippen molar-refractivity contribution in [1.29, 1.82) is 0 Å². The number of H-pyrrole nitrogens is 1. The molecule has 0 radical (unpaired) electrons. The highest BCUT2D eigenvalue weighted by Gasteiger charge is 2.14. The Kier molecular flexibility index (Phi) is 8.10. The number of rotatable bonds is 10. The molecule has 0 amide bonds. The standard InChI is InChI=1S/C27H30FN7O/c1-3-27(2,36)32-13-5-4-7-19-10-11-23-24(15-19)30-18-31-26(23)33-25-17-22(34-35-25)12-14-29-21-9-6-8-20(28)16-21/h6,8-11,15-18,29,32,36H,3,5,12-14H2,1-2H3,(H2,30,31,33,34,35). The second-order valence-corrected chi connectivity index (χ2v) is 8.65. The van der Waals surface area contributed by atoms with Gasteiger partial charge < -0.3 is 15.7 Å². The lowest BCUT2D eigenvalue weighted by Gasteiger charge is -2.22. The molecule has 0 aliphatic rings. The smallest absolute Gasteiger partial charge is 0.153 e. The number of nitrogens with one attached hydrogen (secondary N) is 4. The molecule has 4 aromatic rings. The van der Waals surface area contributed by atoms with E-state index in [1.165, 1.54) is 18.5 Å². The van der Waals surface area contributed by atoms with E-state index in [4.69, 9.17) is 0 Å². The van der Waals surface area contributed by atoms with Crippen molar-refractivity contribution in [2.75, 3.05) is 23.7 Å². The maximum Gasteiger partial charge on any atom is 0.153 e. The number of hydrogen-bond acceptors (Lipinski definition) is 7. The first-order valence-electron chi connectivity index (χ1n) is 11.9. The Balaban J connectivity index is 1.35. The maximum absolute atomic E-state index is 13.3. The molecule has 5 N–H and O–H groups in total. The molecular formula is C27H30FN7O. The highest BCUT2D eigenvalue weighted by Crippen LogP contribution is 2.23. The number of halogens is 1. The molecule has 0 aliphatic heterocycles. The van der Waals surface area contributed by atoms with E-state index in [-0.39, 0.29) is 5.82 Å². The molecule has 0 bridgehead atoms. The van der Waals surface area contributed by atoms with Crippen LogP contribution >= 0.6 is 0 Å². The van der Waals surface area contributed by atoms with Crippen LogP contribution in [-0.2, 0) is 6.42 Å². The van der Waals surface area contributed by atoms with E-state index >= 15 is 0 Å². The fourth-order valence-electron chi connectivity index (χ4n) is 3.53. The second-order valence-electron chi connectivity index (χ2n) is 8.65. The molecule has 2 aromatic carbocycles. The third-order valence-electron chi connectivity index (χ3n) is 5.74. The van der Waals surface area contributed by atoms with Gasteiger partial charge in [0, 0.05) is 54.3 Å². The van der Waals surface area contributed by atoms with Crippen molar-refractivity contribution in [3.05, 3.63) is 71.9 Å². The Bertz CT molecular complexity index is 1370. The molecule has 0 spiro atoms. The minimum atomic E-state index is -0.861. The Morgan fingerprint density at radius 1 is 1.11 bits per heavy atom. The van der Waals surface area contributed by atoms with Crippen LogP contribution in [0.25, 0.3) is 10.9 Å². The Morgan fingerprint density at radius 2 is 2.00 bits per heavy atom. The minimum absolute atomic E-state index is 0.265. The lowest BCUT2D eigenvalue weighted by Crippen LogP contribution is -2.41. The van der Waals surface area contributed by atoms with Crippen molar-refractivity contribution in [3.8, 4) is 11.8 Å². The highest BCUT2D eigenvalue weighted by molar-refractivity contribution is 5.91. The third-order valence-corrected chi connectivity index (χ3v) is 5.74. The zero-order valence-electron chi connectivity index (χ0n) is 20.4. The average molecular weight is 488 g/mol. The maximum atomic E-state index is 13.3. The van der Waals surface area contributed by atoms with E-state index in [0.29, 0.717) is 44.0 Å². The first-order valence-corrected chi connectivity index (χ1v) is 11.9. The second kappa shape index (κ2) is 11.6. The van der Waals surface area contributed by atoms with Gasteiger partial charge in [0.1, 0.15) is 23.7 Å². The van der Waals surface area contributed by atoms with Crippen LogP contribution in [0.2, 0.25) is 0 Å². The molecule has 36 heavy (non-hydrogen) atoms. The van der Waals surface area contributed by atoms with Gasteiger partial charge in [0.05, 0.1) is 5.52 Å². The van der Waals surface area contributed by atoms with E-state index in [1.54, 1.807) is 13.0 Å². The topological polar surface area (TPSA) is 111 Å². The van der Waals surface area contributed by atoms with Gasteiger partial charge >= 0.3 is 0 Å². The number of hydrogen-bond donors (Lipinski definition) is 5. The number of anilines is 3. The molecule has 1 unspecified atom stereocenters. The molecule has 0 saturated carbocycles. The summed E-state index contributed by atoms with van der Waals surface area (Å²) in [7, 11) is 0. The summed E-state index contributed by atoms with van der Waals surface area (Å²) >= 11 is 0. The van der Waals surface area contributed by atoms with Gasteiger partial charge in [-0.2, -0.15) is 5.10 Å². The summed E-state index contributed by atoms with van der Waals surface area (Å²) in [4.78, 5) is 8.76. The van der Waals surface area contributed by atoms with Gasteiger partial charge in [-0.1, -0.05) is 24.8 Å². The summed E-state index contributed by atoms with van der Waals surface area (Å²) in [6.07, 6.45) is 3.47. The fraction of sp³-hybridized carbons (Fsp3) is 0.296. The Morgan fingerprint density at radius 3 is 2.83 bits per heavy atom. The largest absolute Gasteiger partial charge is 0.385 e. The lowest BCUT2D eigenvalue weighted by molar-refractivity contribution is 0.0214. The van der Waals surface area contributed by atoms with Gasteiger partial charge in [0.2, 0.25) is 0 Å². The van der Waals surface area contributed by atoms with Crippen LogP contribution in [0.3, 0.4) is 0 Å². The van der Waals surface area contributed by atoms with Crippen LogP contribution in [-0.4, -0.2) is 44.1 Å². The summed E-state index contributed by atoms with van der Waals surface area (Å²) < 4.78 is 13.3. The van der Waals surface area contributed by atoms with Gasteiger partial charge in [-0.25, -0.2) is 14.4 Å². The molecule has 1 atom stereocenters. The number of fused-ring (bicyclic) bond motifs is 1. The molecule has 4 rings (SSSR count). The van der Waals surface area contributed by atoms with Gasteiger partial charge in [0.25, 0.3) is 0 Å². The SMILES string of the molecule is CCC(C)(O)NCCC#Cc1ccc2c(Nc3cc(CCNc4cccc(F)c4)[nH]n3)ncnc2c1. The highest BCUT2D eigenvalue weighted by atomic mass is 19.1. The molecule has 0 saturated heterocycles. The monoisotopic (exact) mass is 487 g/mol. The number of aromatic amines is 1. The Hall–Kier alpha value is -4.00. The lowest BCUT2D eigenvalue weighted by atomic mass is 10.1. The predicted molar refractivity (Wildman–Crippen MR) is 140 cm³/mol. The number of nitrogens with zero attached hydrogens (tertiary/aromatic N) is 3. The zero-order chi connectivity index (χ0) is 25.4. The predicted octanol–water partition coefficient (Wildman–Crippen LogP) is 4.34. The third kappa shape index (κ3) is 7.01. The van der Waals surface area contributed by atoms with Crippen LogP contribution in [0.4, 0.5) is 21.7 Å². The fourth-order valence-corrected chi connectivity index (χ4v) is 3.53. The Labute approximate surface area is 209 Å². The number of aliphatic hydroxyl groups is 1. The van der Waals surface area contributed by atoms with Crippen molar-refractivity contribution < 1.29 is 9.50 Å². The average Bonchev–Trinajstić information content (AvgIpc) is 3.31. The summed E-state index contributed by atoms with van der Waals surface area (Å²) in [5.41, 5.74) is 2.46. The summed E-state index contributed by atoms with van der Waals surface area (Å²) in [6.45, 7) is 4.94. The van der Waals surface area contributed by atoms with E-state index < -0.39 is 5.72 Å². The van der Waals surface area contributed by atoms with Crippen LogP contribution in [0, 0.1) is 17.7 Å². The molecule has 2 heterocycles. The minimum Gasteiger partial charge on any atom is -0.385 e. The van der Waals surface area contributed by atoms with Crippen molar-refractivity contribution in [3.63, 3.8) is 0 Å². The van der Waals surface area contributed by atoms with Crippen molar-refractivity contribution >= 4 is 28.2 Å². The van der Waals surface area contributed by atoms with Crippen molar-refractivity contribution in [1.82, 2.24) is 25.5 Å². The zero-order valence-corrected chi connectivity index (χ0v) is 20.4. The quantitative estimate of drug-likeness (QED) is 0.129. The molecule has 0 aliphatic carbocycles. The van der Waals surface area contributed by atoms with E-state index in [0.717, 1.165) is 27.8 Å². The molecular weight excluding hydrogens is 457 g/mol. The number of benzene rings is 2. The van der Waals surface area contributed by atoms with Gasteiger partial charge in [-0.15, -0.1) is 0 Å². The first-order chi connectivity index (χ1) is 17.4.